The minimum absolute atomic E-state index is 0.0853. The van der Waals surface area contributed by atoms with E-state index in [0.717, 1.165) is 4.90 Å². The van der Waals surface area contributed by atoms with Crippen LogP contribution in [0.4, 0.5) is 0 Å². The lowest BCUT2D eigenvalue weighted by Crippen LogP contribution is -2.33. The predicted octanol–water partition coefficient (Wildman–Crippen LogP) is -1.02. The molecule has 1 rings (SSSR count). The van der Waals surface area contributed by atoms with Crippen molar-refractivity contribution < 1.29 is 18.0 Å². The van der Waals surface area contributed by atoms with Crippen LogP contribution in [0.3, 0.4) is 0 Å². The zero-order chi connectivity index (χ0) is 11.6. The van der Waals surface area contributed by atoms with Crippen molar-refractivity contribution in [3.63, 3.8) is 0 Å². The Labute approximate surface area is 87.8 Å². The molecule has 0 aliphatic carbocycles. The summed E-state index contributed by atoms with van der Waals surface area (Å²) < 4.78 is 21.2. The normalized spacial score (nSPS) is 17.2. The van der Waals surface area contributed by atoms with E-state index in [1.807, 2.05) is 0 Å². The maximum atomic E-state index is 11.3. The number of hydrogen-bond donors (Lipinski definition) is 1. The first-order valence-corrected chi connectivity index (χ1v) is 6.07. The van der Waals surface area contributed by atoms with Gasteiger partial charge in [0.25, 0.3) is 11.8 Å². The Morgan fingerprint density at radius 1 is 1.40 bits per heavy atom. The van der Waals surface area contributed by atoms with Crippen molar-refractivity contribution in [2.45, 2.75) is 13.3 Å². The lowest BCUT2D eigenvalue weighted by molar-refractivity contribution is -0.137. The van der Waals surface area contributed by atoms with E-state index < -0.39 is 15.9 Å². The standard InChI is InChI=1S/C8H12N2O4S/c1-6-5-7(11)10(8(6)12)3-2-4-15(9,13)14/h5H,2-4H2,1H3,(H2,9,13,14). The number of primary sulfonamides is 1. The lowest BCUT2D eigenvalue weighted by Gasteiger charge is -2.13. The van der Waals surface area contributed by atoms with E-state index in [4.69, 9.17) is 5.14 Å². The van der Waals surface area contributed by atoms with E-state index in [1.54, 1.807) is 6.92 Å². The maximum absolute atomic E-state index is 11.3. The van der Waals surface area contributed by atoms with Gasteiger partial charge in [-0.2, -0.15) is 0 Å². The van der Waals surface area contributed by atoms with Crippen LogP contribution in [0.1, 0.15) is 13.3 Å². The molecule has 0 spiro atoms. The van der Waals surface area contributed by atoms with Gasteiger partial charge in [0.1, 0.15) is 0 Å². The number of imide groups is 1. The van der Waals surface area contributed by atoms with Gasteiger partial charge in [0, 0.05) is 18.2 Å². The summed E-state index contributed by atoms with van der Waals surface area (Å²) in [4.78, 5) is 23.5. The van der Waals surface area contributed by atoms with Crippen molar-refractivity contribution in [1.29, 1.82) is 0 Å². The first kappa shape index (κ1) is 11.9. The third-order valence-electron chi connectivity index (χ3n) is 2.00. The SMILES string of the molecule is CC1=CC(=O)N(CCCS(N)(=O)=O)C1=O. The van der Waals surface area contributed by atoms with Crippen LogP contribution in [0.25, 0.3) is 0 Å². The van der Waals surface area contributed by atoms with Crippen molar-refractivity contribution in [2.75, 3.05) is 12.3 Å². The highest BCUT2D eigenvalue weighted by molar-refractivity contribution is 7.89. The molecule has 2 N–H and O–H groups in total. The van der Waals surface area contributed by atoms with Crippen molar-refractivity contribution in [3.05, 3.63) is 11.6 Å². The van der Waals surface area contributed by atoms with Crippen LogP contribution in [0.15, 0.2) is 11.6 Å². The summed E-state index contributed by atoms with van der Waals surface area (Å²) >= 11 is 0. The van der Waals surface area contributed by atoms with Gasteiger partial charge in [-0.25, -0.2) is 13.6 Å². The molecule has 84 valence electrons. The molecule has 0 saturated carbocycles. The van der Waals surface area contributed by atoms with Gasteiger partial charge in [0.15, 0.2) is 0 Å². The molecule has 0 aromatic carbocycles. The van der Waals surface area contributed by atoms with Gasteiger partial charge in [-0.3, -0.25) is 14.5 Å². The van der Waals surface area contributed by atoms with E-state index in [9.17, 15) is 18.0 Å². The molecule has 0 unspecified atom stereocenters. The Hall–Kier alpha value is -1.21. The Balaban J connectivity index is 2.49. The van der Waals surface area contributed by atoms with Crippen LogP contribution in [0.5, 0.6) is 0 Å². The molecule has 0 radical (unpaired) electrons. The molecule has 0 aromatic rings. The van der Waals surface area contributed by atoms with Crippen LogP contribution in [-0.4, -0.2) is 37.4 Å². The van der Waals surface area contributed by atoms with Gasteiger partial charge >= 0.3 is 0 Å². The smallest absolute Gasteiger partial charge is 0.256 e. The monoisotopic (exact) mass is 232 g/mol. The Bertz CT molecular complexity index is 424. The molecule has 15 heavy (non-hydrogen) atoms. The quantitative estimate of drug-likeness (QED) is 0.627. The van der Waals surface area contributed by atoms with Crippen molar-refractivity contribution in [3.8, 4) is 0 Å². The summed E-state index contributed by atoms with van der Waals surface area (Å²) in [6.45, 7) is 1.63. The number of rotatable bonds is 4. The van der Waals surface area contributed by atoms with Crippen LogP contribution < -0.4 is 5.14 Å². The van der Waals surface area contributed by atoms with E-state index >= 15 is 0 Å². The van der Waals surface area contributed by atoms with E-state index in [0.29, 0.717) is 5.57 Å². The molecule has 1 heterocycles. The number of nitrogens with zero attached hydrogens (tertiary/aromatic N) is 1. The second-order valence-corrected chi connectivity index (χ2v) is 5.08. The fourth-order valence-corrected chi connectivity index (χ4v) is 1.80. The van der Waals surface area contributed by atoms with Crippen LogP contribution >= 0.6 is 0 Å². The molecule has 0 aromatic heterocycles. The van der Waals surface area contributed by atoms with Gasteiger partial charge in [0.05, 0.1) is 5.75 Å². The summed E-state index contributed by atoms with van der Waals surface area (Å²) in [6.07, 6.45) is 1.40. The fraction of sp³-hybridized carbons (Fsp3) is 0.500. The topological polar surface area (TPSA) is 97.5 Å². The van der Waals surface area contributed by atoms with Gasteiger partial charge in [0.2, 0.25) is 10.0 Å². The molecular weight excluding hydrogens is 220 g/mol. The number of carbonyl (C=O) groups excluding carboxylic acids is 2. The number of carbonyl (C=O) groups is 2. The zero-order valence-corrected chi connectivity index (χ0v) is 9.08. The van der Waals surface area contributed by atoms with Crippen LogP contribution in [0, 0.1) is 0 Å². The third kappa shape index (κ3) is 3.14. The predicted molar refractivity (Wildman–Crippen MR) is 53.1 cm³/mol. The molecule has 1 aliphatic rings. The highest BCUT2D eigenvalue weighted by atomic mass is 32.2. The minimum Gasteiger partial charge on any atom is -0.275 e. The summed E-state index contributed by atoms with van der Waals surface area (Å²) in [5.41, 5.74) is 0.371. The molecule has 7 heteroatoms. The van der Waals surface area contributed by atoms with Gasteiger partial charge < -0.3 is 0 Å². The molecule has 0 saturated heterocycles. The van der Waals surface area contributed by atoms with Gasteiger partial charge in [-0.05, 0) is 13.3 Å². The Kier molecular flexibility index (Phi) is 3.25. The lowest BCUT2D eigenvalue weighted by atomic mass is 10.3. The Morgan fingerprint density at radius 2 is 2.00 bits per heavy atom. The zero-order valence-electron chi connectivity index (χ0n) is 8.26. The van der Waals surface area contributed by atoms with Gasteiger partial charge in [-0.1, -0.05) is 0 Å². The molecular formula is C8H12N2O4S. The van der Waals surface area contributed by atoms with Gasteiger partial charge in [-0.15, -0.1) is 0 Å². The fourth-order valence-electron chi connectivity index (χ4n) is 1.27. The number of hydrogen-bond acceptors (Lipinski definition) is 4. The second-order valence-electron chi connectivity index (χ2n) is 3.34. The molecule has 0 bridgehead atoms. The first-order valence-electron chi connectivity index (χ1n) is 4.36. The summed E-state index contributed by atoms with van der Waals surface area (Å²) in [5.74, 6) is -0.996. The number of nitrogens with two attached hydrogens (primary N) is 1. The number of sulfonamides is 1. The van der Waals surface area contributed by atoms with Crippen molar-refractivity contribution in [2.24, 2.45) is 5.14 Å². The van der Waals surface area contributed by atoms with Crippen molar-refractivity contribution >= 4 is 21.8 Å². The van der Waals surface area contributed by atoms with Crippen molar-refractivity contribution in [1.82, 2.24) is 4.90 Å². The summed E-state index contributed by atoms with van der Waals surface area (Å²) in [5, 5.41) is 4.79. The average molecular weight is 232 g/mol. The Morgan fingerprint density at radius 3 is 2.40 bits per heavy atom. The molecule has 2 amide bonds. The summed E-state index contributed by atoms with van der Waals surface area (Å²) in [6, 6.07) is 0. The largest absolute Gasteiger partial charge is 0.275 e. The van der Waals surface area contributed by atoms with E-state index in [1.165, 1.54) is 6.08 Å². The first-order chi connectivity index (χ1) is 6.81. The highest BCUT2D eigenvalue weighted by Crippen LogP contribution is 2.11. The number of amides is 2. The summed E-state index contributed by atoms with van der Waals surface area (Å²) in [7, 11) is -3.53. The average Bonchev–Trinajstić information content (AvgIpc) is 2.29. The highest BCUT2D eigenvalue weighted by Gasteiger charge is 2.27. The van der Waals surface area contributed by atoms with Crippen LogP contribution in [0.2, 0.25) is 0 Å². The second kappa shape index (κ2) is 4.11. The third-order valence-corrected chi connectivity index (χ3v) is 2.86. The minimum atomic E-state index is -3.53. The van der Waals surface area contributed by atoms with E-state index in [-0.39, 0.29) is 24.6 Å². The molecule has 0 atom stereocenters. The molecule has 6 nitrogen and oxygen atoms in total. The molecule has 0 fully saturated rings. The maximum Gasteiger partial charge on any atom is 0.256 e. The van der Waals surface area contributed by atoms with Crippen LogP contribution in [-0.2, 0) is 19.6 Å². The molecule has 1 aliphatic heterocycles. The van der Waals surface area contributed by atoms with E-state index in [2.05, 4.69) is 0 Å².